The zero-order chi connectivity index (χ0) is 27.9. The number of carbonyl (C=O) groups is 1. The number of aryl methyl sites for hydroxylation is 1. The molecule has 1 aliphatic rings. The van der Waals surface area contributed by atoms with Crippen LogP contribution in [-0.2, 0) is 34.6 Å². The summed E-state index contributed by atoms with van der Waals surface area (Å²) in [6.45, 7) is 3.35. The Bertz CT molecular complexity index is 1550. The maximum atomic E-state index is 13.4. The van der Waals surface area contributed by atoms with Gasteiger partial charge in [-0.1, -0.05) is 61.0 Å². The van der Waals surface area contributed by atoms with Crippen LogP contribution in [0.2, 0.25) is 5.02 Å². The number of halogens is 4. The van der Waals surface area contributed by atoms with E-state index in [0.717, 1.165) is 11.6 Å². The van der Waals surface area contributed by atoms with Crippen LogP contribution >= 0.6 is 11.6 Å². The molecule has 12 heteroatoms. The molecule has 0 fully saturated rings. The molecule has 3 aromatic rings. The predicted molar refractivity (Wildman–Crippen MR) is 138 cm³/mol. The molecule has 1 N–H and O–H groups in total. The van der Waals surface area contributed by atoms with Gasteiger partial charge in [-0.05, 0) is 43.5 Å². The summed E-state index contributed by atoms with van der Waals surface area (Å²) in [5.74, 6) is 0.497. The van der Waals surface area contributed by atoms with Crippen molar-refractivity contribution in [2.24, 2.45) is 0 Å². The van der Waals surface area contributed by atoms with E-state index >= 15 is 0 Å². The number of imidazole rings is 1. The minimum atomic E-state index is -4.64. The van der Waals surface area contributed by atoms with Crippen molar-refractivity contribution in [3.8, 4) is 0 Å². The van der Waals surface area contributed by atoms with Crippen molar-refractivity contribution in [1.29, 1.82) is 0 Å². The van der Waals surface area contributed by atoms with Crippen molar-refractivity contribution < 1.29 is 31.5 Å². The topological polar surface area (TPSA) is 92.5 Å². The number of benzene rings is 2. The lowest BCUT2D eigenvalue weighted by Crippen LogP contribution is -2.39. The number of carboxylic acid groups (broad SMARTS) is 1. The summed E-state index contributed by atoms with van der Waals surface area (Å²) in [7, 11) is -4.36. The second-order valence-corrected chi connectivity index (χ2v) is 11.4. The normalized spacial score (nSPS) is 18.0. The minimum Gasteiger partial charge on any atom is -0.464 e. The van der Waals surface area contributed by atoms with E-state index < -0.39 is 38.4 Å². The van der Waals surface area contributed by atoms with E-state index in [1.807, 2.05) is 6.92 Å². The zero-order valence-corrected chi connectivity index (χ0v) is 22.1. The van der Waals surface area contributed by atoms with Crippen molar-refractivity contribution in [3.05, 3.63) is 87.6 Å². The number of sulfonamides is 1. The maximum Gasteiger partial charge on any atom is 0.421 e. The van der Waals surface area contributed by atoms with E-state index in [9.17, 15) is 31.5 Å². The number of hydrogen-bond acceptors (Lipinski definition) is 4. The van der Waals surface area contributed by atoms with E-state index in [1.54, 1.807) is 47.9 Å². The van der Waals surface area contributed by atoms with Gasteiger partial charge >= 0.3 is 12.3 Å². The summed E-state index contributed by atoms with van der Waals surface area (Å²) in [5.41, 5.74) is -0.586. The number of hydrogen-bond donors (Lipinski definition) is 1. The molecule has 0 aliphatic heterocycles. The molecule has 1 aromatic heterocycles. The third-order valence-corrected chi connectivity index (χ3v) is 8.65. The van der Waals surface area contributed by atoms with Crippen molar-refractivity contribution in [2.75, 3.05) is 6.54 Å². The molecule has 1 unspecified atom stereocenters. The van der Waals surface area contributed by atoms with Gasteiger partial charge in [0.1, 0.15) is 5.82 Å². The van der Waals surface area contributed by atoms with Crippen LogP contribution in [-0.4, -0.2) is 40.0 Å². The number of rotatable bonds is 7. The molecule has 0 radical (unpaired) electrons. The predicted octanol–water partition coefficient (Wildman–Crippen LogP) is 6.38. The average Bonchev–Trinajstić information content (AvgIpc) is 3.22. The third kappa shape index (κ3) is 5.17. The quantitative estimate of drug-likeness (QED) is 0.357. The lowest BCUT2D eigenvalue weighted by Gasteiger charge is -2.32. The maximum absolute atomic E-state index is 13.4. The molecule has 1 amide bonds. The van der Waals surface area contributed by atoms with E-state index in [1.165, 1.54) is 18.2 Å². The number of fused-ring (bicyclic) bond motifs is 1. The largest absolute Gasteiger partial charge is 0.464 e. The van der Waals surface area contributed by atoms with Gasteiger partial charge in [0.25, 0.3) is 10.0 Å². The Balaban J connectivity index is 1.66. The third-order valence-electron chi connectivity index (χ3n) is 6.52. The molecule has 7 nitrogen and oxygen atoms in total. The van der Waals surface area contributed by atoms with E-state index in [-0.39, 0.29) is 29.8 Å². The monoisotopic (exact) mass is 567 g/mol. The fourth-order valence-electron chi connectivity index (χ4n) is 4.56. The fourth-order valence-corrected chi connectivity index (χ4v) is 6.15. The summed E-state index contributed by atoms with van der Waals surface area (Å²) in [6.07, 6.45) is -1.14. The van der Waals surface area contributed by atoms with Gasteiger partial charge in [0, 0.05) is 13.0 Å². The van der Waals surface area contributed by atoms with Crippen molar-refractivity contribution >= 4 is 38.8 Å². The number of nitrogens with zero attached hydrogens (tertiary/aromatic N) is 3. The molecule has 4 rings (SSSR count). The summed E-state index contributed by atoms with van der Waals surface area (Å²) < 4.78 is 68.8. The molecule has 0 saturated heterocycles. The summed E-state index contributed by atoms with van der Waals surface area (Å²) in [5, 5.41) is 9.19. The molecule has 1 heterocycles. The molecule has 1 aliphatic carbocycles. The van der Waals surface area contributed by atoms with Crippen molar-refractivity contribution in [3.63, 3.8) is 0 Å². The first-order chi connectivity index (χ1) is 17.8. The van der Waals surface area contributed by atoms with E-state index in [2.05, 4.69) is 4.98 Å². The van der Waals surface area contributed by atoms with Gasteiger partial charge in [-0.15, -0.1) is 0 Å². The highest BCUT2D eigenvalue weighted by Gasteiger charge is 2.37. The number of amides is 1. The Kier molecular flexibility index (Phi) is 7.37. The van der Waals surface area contributed by atoms with Crippen LogP contribution in [0, 0.1) is 0 Å². The Labute approximate surface area is 222 Å². The molecular weight excluding hydrogens is 543 g/mol. The van der Waals surface area contributed by atoms with Gasteiger partial charge in [-0.25, -0.2) is 22.5 Å². The Hall–Kier alpha value is -3.31. The smallest absolute Gasteiger partial charge is 0.421 e. The number of aromatic nitrogens is 2. The molecule has 1 atom stereocenters. The van der Waals surface area contributed by atoms with Crippen LogP contribution in [0.25, 0.3) is 11.0 Å². The average molecular weight is 568 g/mol. The van der Waals surface area contributed by atoms with Gasteiger partial charge in [-0.2, -0.15) is 13.2 Å². The lowest BCUT2D eigenvalue weighted by molar-refractivity contribution is -0.137. The van der Waals surface area contributed by atoms with Crippen LogP contribution in [0.5, 0.6) is 0 Å². The summed E-state index contributed by atoms with van der Waals surface area (Å²) >= 11 is 5.99. The van der Waals surface area contributed by atoms with Crippen LogP contribution in [0.1, 0.15) is 37.2 Å². The summed E-state index contributed by atoms with van der Waals surface area (Å²) in [4.78, 5) is 16.1. The second-order valence-electron chi connectivity index (χ2n) is 9.13. The molecule has 2 aromatic carbocycles. The number of allylic oxidation sites excluding steroid dienone is 3. The highest BCUT2D eigenvalue weighted by Crippen LogP contribution is 2.40. The standard InChI is InChI=1S/C26H25ClF3N3O4S/c1-3-23-31-21-15-19(26(28,29)30)20(27)16-22(21)33(23)25(2)12-9-18(10-13-25)38(36,37)32(24(34)35)14-11-17-7-5-4-6-8-17/h4-10,12,15-16H,3,11,13-14H2,1-2H3,(H,34,35). The highest BCUT2D eigenvalue weighted by atomic mass is 35.5. The van der Waals surface area contributed by atoms with Gasteiger partial charge in [0.05, 0.1) is 32.1 Å². The first-order valence-corrected chi connectivity index (χ1v) is 13.6. The number of alkyl halides is 3. The molecule has 202 valence electrons. The van der Waals surface area contributed by atoms with Gasteiger partial charge in [0.15, 0.2) is 0 Å². The Morgan fingerprint density at radius 1 is 1.24 bits per heavy atom. The van der Waals surface area contributed by atoms with Crippen LogP contribution in [0.15, 0.2) is 65.6 Å². The molecule has 0 bridgehead atoms. The van der Waals surface area contributed by atoms with E-state index in [0.29, 0.717) is 22.1 Å². The van der Waals surface area contributed by atoms with Gasteiger partial charge in [0.2, 0.25) is 0 Å². The molecule has 0 spiro atoms. The Morgan fingerprint density at radius 2 is 1.92 bits per heavy atom. The molecular formula is C26H25ClF3N3O4S. The fraction of sp³-hybridized carbons (Fsp3) is 0.308. The first-order valence-electron chi connectivity index (χ1n) is 11.8. The Morgan fingerprint density at radius 3 is 2.47 bits per heavy atom. The van der Waals surface area contributed by atoms with Crippen LogP contribution < -0.4 is 0 Å². The first kappa shape index (κ1) is 27.7. The van der Waals surface area contributed by atoms with Crippen LogP contribution in [0.4, 0.5) is 18.0 Å². The highest BCUT2D eigenvalue weighted by molar-refractivity contribution is 7.93. The van der Waals surface area contributed by atoms with Crippen molar-refractivity contribution in [1.82, 2.24) is 13.9 Å². The summed E-state index contributed by atoms with van der Waals surface area (Å²) in [6, 6.07) is 11.1. The van der Waals surface area contributed by atoms with Gasteiger partial charge < -0.3 is 9.67 Å². The molecule has 38 heavy (non-hydrogen) atoms. The SMILES string of the molecule is CCc1nc2cc(C(F)(F)F)c(Cl)cc2n1C1(C)C=CC(S(=O)(=O)N(CCc2ccccc2)C(=O)O)=CC1. The van der Waals surface area contributed by atoms with Crippen LogP contribution in [0.3, 0.4) is 0 Å². The zero-order valence-electron chi connectivity index (χ0n) is 20.5. The van der Waals surface area contributed by atoms with Crippen molar-refractivity contribution in [2.45, 2.75) is 44.8 Å². The lowest BCUT2D eigenvalue weighted by atomic mass is 9.92. The second kappa shape index (κ2) is 10.1. The molecule has 0 saturated carbocycles. The minimum absolute atomic E-state index is 0.119. The van der Waals surface area contributed by atoms with E-state index in [4.69, 9.17) is 11.6 Å². The van der Waals surface area contributed by atoms with Gasteiger partial charge in [-0.3, -0.25) is 0 Å².